The van der Waals surface area contributed by atoms with Crippen LogP contribution in [0.4, 0.5) is 0 Å². The highest BCUT2D eigenvalue weighted by Crippen LogP contribution is 2.18. The second kappa shape index (κ2) is 9.44. The molecule has 0 heterocycles. The van der Waals surface area contributed by atoms with Crippen LogP contribution in [0.1, 0.15) is 16.7 Å². The molecule has 0 aliphatic heterocycles. The van der Waals surface area contributed by atoms with Crippen molar-refractivity contribution in [1.82, 2.24) is 10.9 Å². The third kappa shape index (κ3) is 6.64. The molecular formula is C19H22N2O4. The molecule has 0 aliphatic rings. The van der Waals surface area contributed by atoms with Crippen LogP contribution in [0.15, 0.2) is 48.5 Å². The van der Waals surface area contributed by atoms with Crippen molar-refractivity contribution < 1.29 is 19.1 Å². The van der Waals surface area contributed by atoms with Gasteiger partial charge in [-0.05, 0) is 36.6 Å². The molecule has 2 aromatic carbocycles. The van der Waals surface area contributed by atoms with Crippen LogP contribution in [0.3, 0.4) is 0 Å². The number of rotatable bonds is 7. The Morgan fingerprint density at radius 3 is 2.32 bits per heavy atom. The summed E-state index contributed by atoms with van der Waals surface area (Å²) < 4.78 is 10.7. The third-order valence-electron chi connectivity index (χ3n) is 3.39. The minimum Gasteiger partial charge on any atom is -0.483 e. The van der Waals surface area contributed by atoms with Gasteiger partial charge in [0.1, 0.15) is 12.4 Å². The minimum absolute atomic E-state index is 0.146. The number of hydrogen-bond donors (Lipinski definition) is 2. The number of carbonyl (C=O) groups excluding carboxylic acids is 2. The lowest BCUT2D eigenvalue weighted by molar-refractivity contribution is -0.132. The van der Waals surface area contributed by atoms with Crippen molar-refractivity contribution in [2.24, 2.45) is 0 Å². The van der Waals surface area contributed by atoms with Crippen molar-refractivity contribution in [2.45, 2.75) is 20.5 Å². The van der Waals surface area contributed by atoms with Crippen LogP contribution in [0, 0.1) is 13.8 Å². The monoisotopic (exact) mass is 342 g/mol. The largest absolute Gasteiger partial charge is 0.483 e. The molecule has 0 saturated carbocycles. The average molecular weight is 342 g/mol. The highest BCUT2D eigenvalue weighted by atomic mass is 16.5. The first-order valence-electron chi connectivity index (χ1n) is 7.94. The number of benzene rings is 2. The molecule has 132 valence electrons. The first kappa shape index (κ1) is 18.5. The summed E-state index contributed by atoms with van der Waals surface area (Å²) in [7, 11) is 0. The number of amides is 2. The maximum atomic E-state index is 11.7. The topological polar surface area (TPSA) is 76.7 Å². The predicted octanol–water partition coefficient (Wildman–Crippen LogP) is 2.05. The highest BCUT2D eigenvalue weighted by Gasteiger charge is 2.07. The second-order valence-corrected chi connectivity index (χ2v) is 5.63. The Morgan fingerprint density at radius 2 is 1.60 bits per heavy atom. The molecule has 0 aliphatic carbocycles. The van der Waals surface area contributed by atoms with E-state index in [9.17, 15) is 9.59 Å². The number of hydrazine groups is 1. The molecule has 2 N–H and O–H groups in total. The van der Waals surface area contributed by atoms with E-state index < -0.39 is 11.8 Å². The molecule has 6 nitrogen and oxygen atoms in total. The van der Waals surface area contributed by atoms with Crippen molar-refractivity contribution in [1.29, 1.82) is 0 Å². The zero-order valence-corrected chi connectivity index (χ0v) is 14.4. The van der Waals surface area contributed by atoms with E-state index >= 15 is 0 Å². The minimum atomic E-state index is -0.447. The van der Waals surface area contributed by atoms with Gasteiger partial charge in [0.15, 0.2) is 6.61 Å². The quantitative estimate of drug-likeness (QED) is 0.755. The summed E-state index contributed by atoms with van der Waals surface area (Å²) in [5.41, 5.74) is 7.54. The molecule has 2 rings (SSSR count). The Balaban J connectivity index is 1.64. The van der Waals surface area contributed by atoms with Crippen molar-refractivity contribution >= 4 is 11.8 Å². The summed E-state index contributed by atoms with van der Waals surface area (Å²) in [6, 6.07) is 15.3. The summed E-state index contributed by atoms with van der Waals surface area (Å²) in [6.07, 6.45) is 0. The number of nitrogens with one attached hydrogen (secondary N) is 2. The number of aryl methyl sites for hydroxylation is 2. The normalized spacial score (nSPS) is 10.2. The van der Waals surface area contributed by atoms with Gasteiger partial charge in [-0.15, -0.1) is 0 Å². The smallest absolute Gasteiger partial charge is 0.276 e. The summed E-state index contributed by atoms with van der Waals surface area (Å²) >= 11 is 0. The lowest BCUT2D eigenvalue weighted by Gasteiger charge is -2.11. The van der Waals surface area contributed by atoms with Gasteiger partial charge in [-0.25, -0.2) is 0 Å². The van der Waals surface area contributed by atoms with Crippen LogP contribution in [0.2, 0.25) is 0 Å². The molecule has 0 radical (unpaired) electrons. The van der Waals surface area contributed by atoms with Crippen molar-refractivity contribution in [3.05, 3.63) is 65.2 Å². The molecule has 0 aromatic heterocycles. The summed E-state index contributed by atoms with van der Waals surface area (Å²) in [5, 5.41) is 0. The first-order valence-corrected chi connectivity index (χ1v) is 7.94. The van der Waals surface area contributed by atoms with Crippen molar-refractivity contribution in [2.75, 3.05) is 13.2 Å². The molecule has 0 spiro atoms. The van der Waals surface area contributed by atoms with E-state index in [-0.39, 0.29) is 13.2 Å². The Morgan fingerprint density at radius 1 is 0.920 bits per heavy atom. The van der Waals surface area contributed by atoms with Crippen LogP contribution in [0.5, 0.6) is 5.75 Å². The van der Waals surface area contributed by atoms with Crippen LogP contribution in [0.25, 0.3) is 0 Å². The van der Waals surface area contributed by atoms with E-state index in [1.54, 1.807) is 0 Å². The van der Waals surface area contributed by atoms with Gasteiger partial charge in [0.2, 0.25) is 0 Å². The fourth-order valence-corrected chi connectivity index (χ4v) is 2.05. The van der Waals surface area contributed by atoms with Gasteiger partial charge in [-0.2, -0.15) is 0 Å². The number of hydrogen-bond acceptors (Lipinski definition) is 4. The Kier molecular flexibility index (Phi) is 6.98. The molecule has 0 bridgehead atoms. The summed E-state index contributed by atoms with van der Waals surface area (Å²) in [4.78, 5) is 23.3. The lowest BCUT2D eigenvalue weighted by atomic mass is 10.1. The maximum Gasteiger partial charge on any atom is 0.276 e. The van der Waals surface area contributed by atoms with Gasteiger partial charge in [0.05, 0.1) is 6.61 Å². The third-order valence-corrected chi connectivity index (χ3v) is 3.39. The molecule has 0 atom stereocenters. The van der Waals surface area contributed by atoms with Crippen molar-refractivity contribution in [3.8, 4) is 5.75 Å². The van der Waals surface area contributed by atoms with Crippen LogP contribution >= 0.6 is 0 Å². The van der Waals surface area contributed by atoms with E-state index in [0.717, 1.165) is 16.7 Å². The van der Waals surface area contributed by atoms with Crippen molar-refractivity contribution in [3.63, 3.8) is 0 Å². The molecule has 0 saturated heterocycles. The molecule has 25 heavy (non-hydrogen) atoms. The molecule has 2 amide bonds. The Hall–Kier alpha value is -2.86. The van der Waals surface area contributed by atoms with Gasteiger partial charge >= 0.3 is 0 Å². The molecule has 6 heteroatoms. The first-order chi connectivity index (χ1) is 12.0. The van der Waals surface area contributed by atoms with Gasteiger partial charge in [0.25, 0.3) is 11.8 Å². The number of carbonyl (C=O) groups is 2. The average Bonchev–Trinajstić information content (AvgIpc) is 2.61. The van der Waals surface area contributed by atoms with E-state index in [4.69, 9.17) is 9.47 Å². The van der Waals surface area contributed by atoms with Gasteiger partial charge < -0.3 is 9.47 Å². The predicted molar refractivity (Wildman–Crippen MR) is 93.8 cm³/mol. The van der Waals surface area contributed by atoms with Gasteiger partial charge in [-0.3, -0.25) is 20.4 Å². The second-order valence-electron chi connectivity index (χ2n) is 5.63. The summed E-state index contributed by atoms with van der Waals surface area (Å²) in [5.74, 6) is -0.235. The molecule has 0 fully saturated rings. The standard InChI is InChI=1S/C19H22N2O4/c1-14-8-9-15(2)17(10-14)25-13-19(23)21-20-18(22)12-24-11-16-6-4-3-5-7-16/h3-10H,11-13H2,1-2H3,(H,20,22)(H,21,23). The fraction of sp³-hybridized carbons (Fsp3) is 0.263. The van der Waals surface area contributed by atoms with E-state index in [1.807, 2.05) is 62.4 Å². The van der Waals surface area contributed by atoms with Gasteiger partial charge in [-0.1, -0.05) is 42.5 Å². The highest BCUT2D eigenvalue weighted by molar-refractivity contribution is 5.83. The van der Waals surface area contributed by atoms with Crippen LogP contribution in [-0.4, -0.2) is 25.0 Å². The van der Waals surface area contributed by atoms with E-state index in [2.05, 4.69) is 10.9 Å². The zero-order valence-electron chi connectivity index (χ0n) is 14.4. The van der Waals surface area contributed by atoms with Crippen LogP contribution in [-0.2, 0) is 20.9 Å². The van der Waals surface area contributed by atoms with E-state index in [1.165, 1.54) is 0 Å². The van der Waals surface area contributed by atoms with Crippen LogP contribution < -0.4 is 15.6 Å². The molecule has 0 unspecified atom stereocenters. The lowest BCUT2D eigenvalue weighted by Crippen LogP contribution is -2.45. The number of ether oxygens (including phenoxy) is 2. The Labute approximate surface area is 147 Å². The molecule has 2 aromatic rings. The molecular weight excluding hydrogens is 320 g/mol. The fourth-order valence-electron chi connectivity index (χ4n) is 2.05. The Bertz CT molecular complexity index is 717. The van der Waals surface area contributed by atoms with Gasteiger partial charge in [0, 0.05) is 0 Å². The summed E-state index contributed by atoms with van der Waals surface area (Å²) in [6.45, 7) is 3.85. The zero-order chi connectivity index (χ0) is 18.1. The maximum absolute atomic E-state index is 11.7. The van der Waals surface area contributed by atoms with E-state index in [0.29, 0.717) is 12.4 Å². The SMILES string of the molecule is Cc1ccc(C)c(OCC(=O)NNC(=O)COCc2ccccc2)c1.